The molecular weight excluding hydrogens is 519 g/mol. The lowest BCUT2D eigenvalue weighted by atomic mass is 9.96. The maximum atomic E-state index is 13.7. The van der Waals surface area contributed by atoms with Gasteiger partial charge in [0, 0.05) is 10.0 Å². The normalized spacial score (nSPS) is 15.5. The molecule has 0 bridgehead atoms. The lowest BCUT2D eigenvalue weighted by Crippen LogP contribution is -2.39. The van der Waals surface area contributed by atoms with Crippen molar-refractivity contribution >= 4 is 46.6 Å². The summed E-state index contributed by atoms with van der Waals surface area (Å²) in [7, 11) is 0. The van der Waals surface area contributed by atoms with Gasteiger partial charge >= 0.3 is 5.97 Å². The minimum atomic E-state index is -0.687. The molecule has 2 heterocycles. The minimum absolute atomic E-state index is 0.214. The summed E-state index contributed by atoms with van der Waals surface area (Å²) >= 11 is 13.6. The Kier molecular flexibility index (Phi) is 8.34. The topological polar surface area (TPSA) is 69.9 Å². The van der Waals surface area contributed by atoms with Crippen molar-refractivity contribution in [3.05, 3.63) is 94.6 Å². The van der Waals surface area contributed by atoms with E-state index in [-0.39, 0.29) is 12.2 Å². The molecular formula is C27H26Cl2N2O4S. The van der Waals surface area contributed by atoms with Gasteiger partial charge in [0.25, 0.3) is 5.56 Å². The van der Waals surface area contributed by atoms with Crippen molar-refractivity contribution in [2.45, 2.75) is 39.7 Å². The highest BCUT2D eigenvalue weighted by Crippen LogP contribution is 2.31. The lowest BCUT2D eigenvalue weighted by Gasteiger charge is -2.24. The molecule has 1 unspecified atom stereocenters. The molecule has 0 N–H and O–H groups in total. The quantitative estimate of drug-likeness (QED) is 0.285. The second-order valence-corrected chi connectivity index (χ2v) is 10.1. The number of benzene rings is 2. The molecule has 0 radical (unpaired) electrons. The number of nitrogens with zero attached hydrogens (tertiary/aromatic N) is 2. The van der Waals surface area contributed by atoms with Gasteiger partial charge in [-0.3, -0.25) is 9.36 Å². The maximum absolute atomic E-state index is 13.7. The molecule has 0 fully saturated rings. The van der Waals surface area contributed by atoms with E-state index in [1.807, 2.05) is 24.3 Å². The summed E-state index contributed by atoms with van der Waals surface area (Å²) in [6.07, 6.45) is 3.72. The molecule has 36 heavy (non-hydrogen) atoms. The molecule has 1 aliphatic rings. The SMILES string of the molecule is CCCCOc1ccc(C2C(C(=O)OCC)=C(C)N=c3sc(=Cc4ccc(Cl)cc4Cl)c(=O)n32)cc1. The van der Waals surface area contributed by atoms with E-state index in [1.165, 1.54) is 11.3 Å². The van der Waals surface area contributed by atoms with Crippen LogP contribution in [0.5, 0.6) is 5.75 Å². The van der Waals surface area contributed by atoms with Gasteiger partial charge in [-0.05, 0) is 61.7 Å². The van der Waals surface area contributed by atoms with Gasteiger partial charge in [-0.15, -0.1) is 0 Å². The van der Waals surface area contributed by atoms with Gasteiger partial charge in [0.15, 0.2) is 4.80 Å². The molecule has 3 aromatic rings. The molecule has 0 amide bonds. The number of ether oxygens (including phenoxy) is 2. The smallest absolute Gasteiger partial charge is 0.338 e. The highest BCUT2D eigenvalue weighted by Gasteiger charge is 2.33. The summed E-state index contributed by atoms with van der Waals surface area (Å²) in [4.78, 5) is 31.8. The van der Waals surface area contributed by atoms with Gasteiger partial charge in [-0.1, -0.05) is 66.1 Å². The van der Waals surface area contributed by atoms with E-state index < -0.39 is 12.0 Å². The van der Waals surface area contributed by atoms with Gasteiger partial charge in [0.1, 0.15) is 5.75 Å². The first-order chi connectivity index (χ1) is 17.3. The van der Waals surface area contributed by atoms with Crippen LogP contribution in [0.25, 0.3) is 6.08 Å². The van der Waals surface area contributed by atoms with Crippen LogP contribution in [0.1, 0.15) is 50.8 Å². The first-order valence-electron chi connectivity index (χ1n) is 11.7. The van der Waals surface area contributed by atoms with Crippen molar-refractivity contribution in [2.24, 2.45) is 4.99 Å². The molecule has 188 valence electrons. The van der Waals surface area contributed by atoms with Crippen molar-refractivity contribution in [3.8, 4) is 5.75 Å². The fourth-order valence-corrected chi connectivity index (χ4v) is 5.45. The molecule has 0 spiro atoms. The summed E-state index contributed by atoms with van der Waals surface area (Å²) in [6.45, 7) is 6.46. The van der Waals surface area contributed by atoms with Crippen LogP contribution in [0.4, 0.5) is 0 Å². The van der Waals surface area contributed by atoms with E-state index in [4.69, 9.17) is 32.7 Å². The molecule has 0 saturated heterocycles. The number of hydrogen-bond acceptors (Lipinski definition) is 6. The Hall–Kier alpha value is -2.87. The number of fused-ring (bicyclic) bond motifs is 1. The molecule has 9 heteroatoms. The number of carbonyl (C=O) groups is 1. The third-order valence-corrected chi connectivity index (χ3v) is 7.27. The predicted octanol–water partition coefficient (Wildman–Crippen LogP) is 5.28. The van der Waals surface area contributed by atoms with Crippen molar-refractivity contribution in [1.82, 2.24) is 4.57 Å². The van der Waals surface area contributed by atoms with Crippen molar-refractivity contribution in [1.29, 1.82) is 0 Å². The number of thiazole rings is 1. The van der Waals surface area contributed by atoms with Crippen LogP contribution >= 0.6 is 34.5 Å². The fraction of sp³-hybridized carbons (Fsp3) is 0.296. The highest BCUT2D eigenvalue weighted by molar-refractivity contribution is 7.07. The monoisotopic (exact) mass is 544 g/mol. The third-order valence-electron chi connectivity index (χ3n) is 5.73. The number of carbonyl (C=O) groups excluding carboxylic acids is 1. The second kappa shape index (κ2) is 11.5. The molecule has 4 rings (SSSR count). The summed E-state index contributed by atoms with van der Waals surface area (Å²) in [5.74, 6) is 0.234. The second-order valence-electron chi connectivity index (χ2n) is 8.24. The first kappa shape index (κ1) is 26.2. The van der Waals surface area contributed by atoms with E-state index in [0.29, 0.717) is 42.8 Å². The van der Waals surface area contributed by atoms with Crippen LogP contribution in [0, 0.1) is 0 Å². The van der Waals surface area contributed by atoms with E-state index >= 15 is 0 Å². The standard InChI is InChI=1S/C27H26Cl2N2O4S/c1-4-6-13-35-20-11-8-17(9-12-20)24-23(26(33)34-5-2)16(3)30-27-31(24)25(32)22(36-27)14-18-7-10-19(28)15-21(18)29/h7-12,14-15,24H,4-6,13H2,1-3H3. The summed E-state index contributed by atoms with van der Waals surface area (Å²) in [5, 5.41) is 0.947. The van der Waals surface area contributed by atoms with Gasteiger partial charge in [-0.2, -0.15) is 0 Å². The predicted molar refractivity (Wildman–Crippen MR) is 144 cm³/mol. The molecule has 1 aliphatic heterocycles. The number of aromatic nitrogens is 1. The Morgan fingerprint density at radius 1 is 1.17 bits per heavy atom. The molecule has 2 aromatic carbocycles. The van der Waals surface area contributed by atoms with Gasteiger partial charge in [-0.25, -0.2) is 9.79 Å². The highest BCUT2D eigenvalue weighted by atomic mass is 35.5. The lowest BCUT2D eigenvalue weighted by molar-refractivity contribution is -0.139. The fourth-order valence-electron chi connectivity index (χ4n) is 3.95. The molecule has 1 atom stereocenters. The van der Waals surface area contributed by atoms with Crippen molar-refractivity contribution in [2.75, 3.05) is 13.2 Å². The number of esters is 1. The zero-order valence-electron chi connectivity index (χ0n) is 20.2. The zero-order valence-corrected chi connectivity index (χ0v) is 22.5. The zero-order chi connectivity index (χ0) is 25.8. The minimum Gasteiger partial charge on any atom is -0.494 e. The van der Waals surface area contributed by atoms with Crippen molar-refractivity contribution in [3.63, 3.8) is 0 Å². The third kappa shape index (κ3) is 5.43. The number of allylic oxidation sites excluding steroid dienone is 1. The van der Waals surface area contributed by atoms with Crippen LogP contribution in [0.2, 0.25) is 10.0 Å². The first-order valence-corrected chi connectivity index (χ1v) is 13.3. The largest absolute Gasteiger partial charge is 0.494 e. The van der Waals surface area contributed by atoms with Crippen LogP contribution in [-0.4, -0.2) is 23.8 Å². The average Bonchev–Trinajstić information content (AvgIpc) is 3.15. The molecule has 1 aromatic heterocycles. The van der Waals surface area contributed by atoms with E-state index in [9.17, 15) is 9.59 Å². The van der Waals surface area contributed by atoms with Gasteiger partial charge in [0.05, 0.1) is 35.1 Å². The number of hydrogen-bond donors (Lipinski definition) is 0. The Morgan fingerprint density at radius 2 is 1.92 bits per heavy atom. The van der Waals surface area contributed by atoms with E-state index in [2.05, 4.69) is 11.9 Å². The van der Waals surface area contributed by atoms with Crippen LogP contribution in [0.3, 0.4) is 0 Å². The number of halogens is 2. The number of rotatable bonds is 8. The Bertz CT molecular complexity index is 1490. The van der Waals surface area contributed by atoms with Crippen LogP contribution in [-0.2, 0) is 9.53 Å². The van der Waals surface area contributed by atoms with Crippen LogP contribution in [0.15, 0.2) is 63.5 Å². The Labute approximate surface area is 223 Å². The molecule has 0 aliphatic carbocycles. The molecule has 6 nitrogen and oxygen atoms in total. The van der Waals surface area contributed by atoms with Crippen LogP contribution < -0.4 is 19.6 Å². The van der Waals surface area contributed by atoms with E-state index in [1.54, 1.807) is 42.7 Å². The number of unbranched alkanes of at least 4 members (excludes halogenated alkanes) is 1. The maximum Gasteiger partial charge on any atom is 0.338 e. The Balaban J connectivity index is 1.85. The summed E-state index contributed by atoms with van der Waals surface area (Å²) in [6, 6.07) is 11.9. The van der Waals surface area contributed by atoms with Crippen molar-refractivity contribution < 1.29 is 14.3 Å². The summed E-state index contributed by atoms with van der Waals surface area (Å²) in [5.41, 5.74) is 2.00. The van der Waals surface area contributed by atoms with Gasteiger partial charge in [0.2, 0.25) is 0 Å². The summed E-state index contributed by atoms with van der Waals surface area (Å²) < 4.78 is 13.1. The molecule has 0 saturated carbocycles. The average molecular weight is 545 g/mol. The van der Waals surface area contributed by atoms with Gasteiger partial charge < -0.3 is 9.47 Å². The Morgan fingerprint density at radius 3 is 2.58 bits per heavy atom. The van der Waals surface area contributed by atoms with E-state index in [0.717, 1.165) is 24.2 Å².